The molecule has 0 aliphatic carbocycles. The number of carbonyl (C=O) groups excluding carboxylic acids is 2. The van der Waals surface area contributed by atoms with Crippen LogP contribution in [0.5, 0.6) is 0 Å². The van der Waals surface area contributed by atoms with Crippen molar-refractivity contribution in [3.63, 3.8) is 0 Å². The summed E-state index contributed by atoms with van der Waals surface area (Å²) >= 11 is 4.66. The highest BCUT2D eigenvalue weighted by molar-refractivity contribution is 7.80. The Balaban J connectivity index is 1.53. The number of hydrogen-bond donors (Lipinski definition) is 4. The molecule has 4 aromatic rings. The maximum Gasteiger partial charge on any atom is 0.411 e. The number of amides is 2. The largest absolute Gasteiger partial charge is 0.453 e. The summed E-state index contributed by atoms with van der Waals surface area (Å²) in [5.41, 5.74) is 9.21. The van der Waals surface area contributed by atoms with Crippen LogP contribution in [-0.4, -0.2) is 35.5 Å². The van der Waals surface area contributed by atoms with Gasteiger partial charge < -0.3 is 20.7 Å². The monoisotopic (exact) mass is 573 g/mol. The Bertz CT molecular complexity index is 1610. The van der Waals surface area contributed by atoms with E-state index in [2.05, 4.69) is 28.2 Å². The smallest absolute Gasteiger partial charge is 0.411 e. The van der Waals surface area contributed by atoms with Crippen molar-refractivity contribution < 1.29 is 18.7 Å². The van der Waals surface area contributed by atoms with Crippen molar-refractivity contribution in [2.75, 3.05) is 30.0 Å². The summed E-state index contributed by atoms with van der Waals surface area (Å²) in [5.74, 6) is -0.306. The minimum absolute atomic E-state index is 0.256. The van der Waals surface area contributed by atoms with E-state index in [1.807, 2.05) is 31.2 Å². The topological polar surface area (TPSA) is 110 Å². The summed E-state index contributed by atoms with van der Waals surface area (Å²) < 4.78 is 20.1. The average molecular weight is 574 g/mol. The van der Waals surface area contributed by atoms with Crippen LogP contribution >= 0.6 is 12.6 Å². The first-order valence-electron chi connectivity index (χ1n) is 13.5. The second-order valence-corrected chi connectivity index (χ2v) is 10.5. The van der Waals surface area contributed by atoms with Gasteiger partial charge in [-0.3, -0.25) is 10.1 Å². The molecule has 5 rings (SSSR count). The molecule has 1 aromatic heterocycles. The van der Waals surface area contributed by atoms with Crippen LogP contribution in [0.4, 0.5) is 26.4 Å². The standard InChI is InChI=1S/C31H32FN5O3S/c1-3-18-6-10-25(32)23(15-18)28(35-20-7-9-22-19(16-20)12-13-34-29(22)33)30(38)37-14-4-5-26(37)24-17-21(8-11-27(24)41)36-31(39)40-2/h6-13,15-17,26,28,35,41H,3-5,14H2,1-2H3,(H2,33,34)(H,36,39)/t26-,28+/m1/s1. The van der Waals surface area contributed by atoms with Crippen LogP contribution in [0.3, 0.4) is 0 Å². The minimum atomic E-state index is -0.988. The Labute approximate surface area is 243 Å². The van der Waals surface area contributed by atoms with E-state index in [4.69, 9.17) is 10.5 Å². The molecule has 0 bridgehead atoms. The number of nitrogens with zero attached hydrogens (tertiary/aromatic N) is 2. The number of ether oxygens (including phenoxy) is 1. The van der Waals surface area contributed by atoms with E-state index in [0.717, 1.165) is 28.3 Å². The van der Waals surface area contributed by atoms with Gasteiger partial charge in [0.25, 0.3) is 0 Å². The number of hydrogen-bond acceptors (Lipinski definition) is 7. The molecule has 2 atom stereocenters. The number of halogens is 1. The number of aryl methyl sites for hydroxylation is 1. The van der Waals surface area contributed by atoms with Gasteiger partial charge in [0.15, 0.2) is 0 Å². The Morgan fingerprint density at radius 3 is 2.73 bits per heavy atom. The highest BCUT2D eigenvalue weighted by atomic mass is 32.1. The summed E-state index contributed by atoms with van der Waals surface area (Å²) in [7, 11) is 1.29. The van der Waals surface area contributed by atoms with E-state index in [1.54, 1.807) is 41.4 Å². The molecule has 0 unspecified atom stereocenters. The van der Waals surface area contributed by atoms with Gasteiger partial charge in [0.1, 0.15) is 17.7 Å². The first-order valence-corrected chi connectivity index (χ1v) is 13.9. The maximum absolute atomic E-state index is 15.4. The van der Waals surface area contributed by atoms with Gasteiger partial charge in [-0.1, -0.05) is 19.1 Å². The Morgan fingerprint density at radius 2 is 1.95 bits per heavy atom. The molecular weight excluding hydrogens is 541 g/mol. The highest BCUT2D eigenvalue weighted by Crippen LogP contribution is 2.39. The quantitative estimate of drug-likeness (QED) is 0.188. The van der Waals surface area contributed by atoms with Gasteiger partial charge in [0.2, 0.25) is 5.91 Å². The molecule has 1 saturated heterocycles. The van der Waals surface area contributed by atoms with Crippen molar-refractivity contribution >= 4 is 52.6 Å². The lowest BCUT2D eigenvalue weighted by Gasteiger charge is -2.31. The van der Waals surface area contributed by atoms with E-state index in [9.17, 15) is 9.59 Å². The summed E-state index contributed by atoms with van der Waals surface area (Å²) in [5, 5.41) is 7.64. The number of carbonyl (C=O) groups is 2. The Kier molecular flexibility index (Phi) is 8.30. The number of nitrogen functional groups attached to an aromatic ring is 1. The van der Waals surface area contributed by atoms with Gasteiger partial charge in [-0.2, -0.15) is 0 Å². The number of aromatic nitrogens is 1. The molecule has 2 amide bonds. The van der Waals surface area contributed by atoms with Gasteiger partial charge in [0, 0.05) is 40.0 Å². The van der Waals surface area contributed by atoms with Crippen LogP contribution in [0.2, 0.25) is 0 Å². The minimum Gasteiger partial charge on any atom is -0.453 e. The van der Waals surface area contributed by atoms with Crippen molar-refractivity contribution in [1.29, 1.82) is 0 Å². The van der Waals surface area contributed by atoms with Crippen LogP contribution in [0, 0.1) is 5.82 Å². The van der Waals surface area contributed by atoms with Gasteiger partial charge >= 0.3 is 6.09 Å². The lowest BCUT2D eigenvalue weighted by atomic mass is 9.98. The van der Waals surface area contributed by atoms with Crippen molar-refractivity contribution in [3.8, 4) is 0 Å². The van der Waals surface area contributed by atoms with Crippen LogP contribution in [0.15, 0.2) is 71.8 Å². The molecule has 1 aliphatic rings. The molecule has 41 heavy (non-hydrogen) atoms. The number of benzene rings is 3. The molecule has 0 radical (unpaired) electrons. The molecule has 1 fully saturated rings. The van der Waals surface area contributed by atoms with Crippen LogP contribution < -0.4 is 16.4 Å². The number of thiol groups is 1. The normalized spacial score (nSPS) is 15.5. The molecule has 1 aliphatic heterocycles. The zero-order chi connectivity index (χ0) is 29.1. The van der Waals surface area contributed by atoms with Gasteiger partial charge in [-0.25, -0.2) is 14.2 Å². The number of fused-ring (bicyclic) bond motifs is 1. The highest BCUT2D eigenvalue weighted by Gasteiger charge is 2.37. The number of methoxy groups -OCH3 is 1. The van der Waals surface area contributed by atoms with E-state index in [-0.39, 0.29) is 17.5 Å². The Hall–Kier alpha value is -4.31. The predicted molar refractivity (Wildman–Crippen MR) is 162 cm³/mol. The number of likely N-dealkylation sites (tertiary alicyclic amines) is 1. The zero-order valence-electron chi connectivity index (χ0n) is 22.9. The van der Waals surface area contributed by atoms with Gasteiger partial charge in [0.05, 0.1) is 13.2 Å². The van der Waals surface area contributed by atoms with E-state index < -0.39 is 18.0 Å². The summed E-state index contributed by atoms with van der Waals surface area (Å²) in [4.78, 5) is 32.8. The van der Waals surface area contributed by atoms with E-state index in [1.165, 1.54) is 13.2 Å². The van der Waals surface area contributed by atoms with Crippen LogP contribution in [0.25, 0.3) is 10.8 Å². The SMILES string of the molecule is CCc1ccc(F)c([C@H](Nc2ccc3c(N)nccc3c2)C(=O)N2CCC[C@@H]2c2cc(NC(=O)OC)ccc2S)c1. The van der Waals surface area contributed by atoms with E-state index >= 15 is 4.39 Å². The lowest BCUT2D eigenvalue weighted by molar-refractivity contribution is -0.133. The average Bonchev–Trinajstić information content (AvgIpc) is 3.47. The number of nitrogens with two attached hydrogens (primary N) is 1. The molecule has 0 saturated carbocycles. The molecular formula is C31H32FN5O3S. The molecule has 2 heterocycles. The first-order chi connectivity index (χ1) is 19.8. The second-order valence-electron chi connectivity index (χ2n) is 10.00. The molecule has 10 heteroatoms. The number of anilines is 3. The maximum atomic E-state index is 15.4. The lowest BCUT2D eigenvalue weighted by Crippen LogP contribution is -2.38. The third kappa shape index (κ3) is 5.92. The van der Waals surface area contributed by atoms with Crippen LogP contribution in [0.1, 0.15) is 48.5 Å². The molecule has 8 nitrogen and oxygen atoms in total. The second kappa shape index (κ2) is 12.1. The fraction of sp³-hybridized carbons (Fsp3) is 0.258. The zero-order valence-corrected chi connectivity index (χ0v) is 23.8. The molecule has 0 spiro atoms. The number of rotatable bonds is 7. The van der Waals surface area contributed by atoms with E-state index in [0.29, 0.717) is 41.5 Å². The summed E-state index contributed by atoms with van der Waals surface area (Å²) in [6, 6.07) is 16.3. The van der Waals surface area contributed by atoms with Crippen molar-refractivity contribution in [3.05, 3.63) is 89.4 Å². The Morgan fingerprint density at radius 1 is 1.15 bits per heavy atom. The fourth-order valence-corrected chi connectivity index (χ4v) is 5.64. The van der Waals surface area contributed by atoms with Crippen molar-refractivity contribution in [2.45, 2.75) is 43.2 Å². The number of nitrogens with one attached hydrogen (secondary N) is 2. The number of pyridine rings is 1. The fourth-order valence-electron chi connectivity index (χ4n) is 5.35. The summed E-state index contributed by atoms with van der Waals surface area (Å²) in [6.45, 7) is 2.49. The van der Waals surface area contributed by atoms with Gasteiger partial charge in [-0.15, -0.1) is 12.6 Å². The molecule has 3 aromatic carbocycles. The summed E-state index contributed by atoms with van der Waals surface area (Å²) in [6.07, 6.45) is 3.21. The van der Waals surface area contributed by atoms with Crippen molar-refractivity contribution in [1.82, 2.24) is 9.88 Å². The molecule has 4 N–H and O–H groups in total. The third-order valence-corrected chi connectivity index (χ3v) is 7.89. The van der Waals surface area contributed by atoms with Crippen LogP contribution in [-0.2, 0) is 16.0 Å². The van der Waals surface area contributed by atoms with Crippen molar-refractivity contribution in [2.24, 2.45) is 0 Å². The predicted octanol–water partition coefficient (Wildman–Crippen LogP) is 6.50. The molecule has 212 valence electrons. The first kappa shape index (κ1) is 28.2. The van der Waals surface area contributed by atoms with Gasteiger partial charge in [-0.05, 0) is 84.3 Å². The third-order valence-electron chi connectivity index (χ3n) is 7.49.